The molecule has 0 radical (unpaired) electrons. The van der Waals surface area contributed by atoms with E-state index in [1.165, 1.54) is 18.4 Å². The monoisotopic (exact) mass is 371 g/mol. The summed E-state index contributed by atoms with van der Waals surface area (Å²) in [7, 11) is 0. The number of terminal acetylenes is 1. The number of carbonyl (C=O) groups is 1. The van der Waals surface area contributed by atoms with E-state index in [4.69, 9.17) is 11.4 Å². The van der Waals surface area contributed by atoms with Crippen LogP contribution in [0.5, 0.6) is 0 Å². The molecule has 0 aliphatic carbocycles. The highest BCUT2D eigenvalue weighted by molar-refractivity contribution is 5.96. The van der Waals surface area contributed by atoms with Crippen molar-refractivity contribution in [3.8, 4) is 12.3 Å². The summed E-state index contributed by atoms with van der Waals surface area (Å²) < 4.78 is 2.07. The van der Waals surface area contributed by atoms with Crippen LogP contribution in [0.1, 0.15) is 43.5 Å². The number of carbonyl (C=O) groups excluding carboxylic acids is 1. The fourth-order valence-electron chi connectivity index (χ4n) is 4.02. The average molecular weight is 371 g/mol. The van der Waals surface area contributed by atoms with Crippen LogP contribution in [-0.2, 0) is 17.8 Å². The van der Waals surface area contributed by atoms with Gasteiger partial charge in [0, 0.05) is 24.6 Å². The van der Waals surface area contributed by atoms with E-state index in [9.17, 15) is 4.79 Å². The van der Waals surface area contributed by atoms with Gasteiger partial charge in [0.05, 0.1) is 17.6 Å². The molecule has 1 aliphatic rings. The predicted octanol–water partition coefficient (Wildman–Crippen LogP) is 4.53. The second kappa shape index (κ2) is 7.90. The number of aryl methyl sites for hydroxylation is 1. The van der Waals surface area contributed by atoms with E-state index >= 15 is 0 Å². The second-order valence-electron chi connectivity index (χ2n) is 7.42. The predicted molar refractivity (Wildman–Crippen MR) is 113 cm³/mol. The Balaban J connectivity index is 1.59. The lowest BCUT2D eigenvalue weighted by molar-refractivity contribution is -0.117. The van der Waals surface area contributed by atoms with E-state index in [1.807, 2.05) is 29.2 Å². The van der Waals surface area contributed by atoms with E-state index in [0.717, 1.165) is 29.0 Å². The number of nitrogens with zero attached hydrogens (tertiary/aromatic N) is 3. The maximum absolute atomic E-state index is 12.7. The van der Waals surface area contributed by atoms with E-state index in [0.29, 0.717) is 19.5 Å². The molecule has 4 heteroatoms. The molecule has 0 N–H and O–H groups in total. The number of unbranched alkanes of at least 4 members (excludes halogenated alkanes) is 1. The molecule has 142 valence electrons. The van der Waals surface area contributed by atoms with Crippen LogP contribution >= 0.6 is 0 Å². The molecule has 3 aromatic rings. The number of anilines is 1. The lowest BCUT2D eigenvalue weighted by Gasteiger charge is -2.17. The molecule has 4 nitrogen and oxygen atoms in total. The molecule has 1 aromatic heterocycles. The molecule has 4 rings (SSSR count). The van der Waals surface area contributed by atoms with Crippen LogP contribution in [0.3, 0.4) is 0 Å². The third-order valence-electron chi connectivity index (χ3n) is 5.49. The molecule has 1 amide bonds. The van der Waals surface area contributed by atoms with Crippen LogP contribution in [0, 0.1) is 12.3 Å². The molecule has 0 bridgehead atoms. The number of rotatable bonds is 6. The number of amides is 1. The van der Waals surface area contributed by atoms with Gasteiger partial charge in [-0.2, -0.15) is 0 Å². The molecule has 2 heterocycles. The smallest absolute Gasteiger partial charge is 0.227 e. The summed E-state index contributed by atoms with van der Waals surface area (Å²) in [6, 6.07) is 16.4. The summed E-state index contributed by atoms with van der Waals surface area (Å²) in [6.45, 7) is 3.30. The molecular formula is C24H25N3O. The maximum Gasteiger partial charge on any atom is 0.227 e. The van der Waals surface area contributed by atoms with Gasteiger partial charge in [-0.25, -0.2) is 4.98 Å². The highest BCUT2D eigenvalue weighted by Gasteiger charge is 2.34. The number of imidazole rings is 1. The Morgan fingerprint density at radius 2 is 1.96 bits per heavy atom. The third kappa shape index (κ3) is 3.41. The Kier molecular flexibility index (Phi) is 5.16. The Labute approximate surface area is 166 Å². The number of hydrogen-bond acceptors (Lipinski definition) is 2. The van der Waals surface area contributed by atoms with Crippen LogP contribution in [-0.4, -0.2) is 22.0 Å². The zero-order valence-electron chi connectivity index (χ0n) is 16.3. The number of fused-ring (bicyclic) bond motifs is 1. The molecule has 1 fully saturated rings. The zero-order valence-corrected chi connectivity index (χ0v) is 16.3. The zero-order chi connectivity index (χ0) is 19.5. The summed E-state index contributed by atoms with van der Waals surface area (Å²) in [6.07, 6.45) is 9.52. The first kappa shape index (κ1) is 18.3. The molecule has 0 spiro atoms. The highest BCUT2D eigenvalue weighted by atomic mass is 16.2. The SMILES string of the molecule is C#CCn1c([C@H]2CC(=O)N(c3ccc(CCCC)cc3)C2)nc2ccccc21. The normalized spacial score (nSPS) is 16.6. The van der Waals surface area contributed by atoms with Crippen molar-refractivity contribution in [1.82, 2.24) is 9.55 Å². The highest BCUT2D eigenvalue weighted by Crippen LogP contribution is 2.33. The topological polar surface area (TPSA) is 38.1 Å². The van der Waals surface area contributed by atoms with Gasteiger partial charge >= 0.3 is 0 Å². The van der Waals surface area contributed by atoms with Crippen molar-refractivity contribution in [1.29, 1.82) is 0 Å². The lowest BCUT2D eigenvalue weighted by atomic mass is 10.1. The molecule has 2 aromatic carbocycles. The first-order valence-corrected chi connectivity index (χ1v) is 9.99. The number of benzene rings is 2. The van der Waals surface area contributed by atoms with Gasteiger partial charge in [0.25, 0.3) is 0 Å². The summed E-state index contributed by atoms with van der Waals surface area (Å²) in [5.74, 6) is 3.83. The second-order valence-corrected chi connectivity index (χ2v) is 7.42. The minimum atomic E-state index is 0.0491. The Hall–Kier alpha value is -3.06. The van der Waals surface area contributed by atoms with Crippen LogP contribution in [0.2, 0.25) is 0 Å². The summed E-state index contributed by atoms with van der Waals surface area (Å²) in [4.78, 5) is 19.4. The van der Waals surface area contributed by atoms with Crippen LogP contribution in [0.25, 0.3) is 11.0 Å². The van der Waals surface area contributed by atoms with E-state index < -0.39 is 0 Å². The van der Waals surface area contributed by atoms with Crippen LogP contribution in [0.15, 0.2) is 48.5 Å². The molecule has 1 saturated heterocycles. The van der Waals surface area contributed by atoms with Gasteiger partial charge in [-0.15, -0.1) is 6.42 Å². The molecule has 0 unspecified atom stereocenters. The Morgan fingerprint density at radius 3 is 2.71 bits per heavy atom. The molecule has 1 atom stereocenters. The van der Waals surface area contributed by atoms with Gasteiger partial charge in [0.2, 0.25) is 5.91 Å². The van der Waals surface area contributed by atoms with Crippen molar-refractivity contribution in [3.05, 3.63) is 59.9 Å². The fraction of sp³-hybridized carbons (Fsp3) is 0.333. The minimum absolute atomic E-state index is 0.0491. The number of hydrogen-bond donors (Lipinski definition) is 0. The summed E-state index contributed by atoms with van der Waals surface area (Å²) in [5, 5.41) is 0. The average Bonchev–Trinajstić information content (AvgIpc) is 3.28. The fourth-order valence-corrected chi connectivity index (χ4v) is 4.02. The first-order chi connectivity index (χ1) is 13.7. The van der Waals surface area contributed by atoms with Crippen LogP contribution < -0.4 is 4.90 Å². The Bertz CT molecular complexity index is 1030. The van der Waals surface area contributed by atoms with Crippen LogP contribution in [0.4, 0.5) is 5.69 Å². The molecular weight excluding hydrogens is 346 g/mol. The Morgan fingerprint density at radius 1 is 1.18 bits per heavy atom. The van der Waals surface area contributed by atoms with Gasteiger partial charge in [-0.3, -0.25) is 4.79 Å². The van der Waals surface area contributed by atoms with E-state index in [1.54, 1.807) is 0 Å². The van der Waals surface area contributed by atoms with Gasteiger partial charge in [0.1, 0.15) is 5.82 Å². The van der Waals surface area contributed by atoms with Gasteiger partial charge in [-0.05, 0) is 42.7 Å². The number of para-hydroxylation sites is 2. The van der Waals surface area contributed by atoms with Crippen molar-refractivity contribution < 1.29 is 4.79 Å². The first-order valence-electron chi connectivity index (χ1n) is 9.99. The van der Waals surface area contributed by atoms with Crippen molar-refractivity contribution in [2.75, 3.05) is 11.4 Å². The molecule has 0 saturated carbocycles. The van der Waals surface area contributed by atoms with Crippen molar-refractivity contribution in [2.24, 2.45) is 0 Å². The van der Waals surface area contributed by atoms with Gasteiger partial charge < -0.3 is 9.47 Å². The van der Waals surface area contributed by atoms with Crippen molar-refractivity contribution in [3.63, 3.8) is 0 Å². The van der Waals surface area contributed by atoms with E-state index in [-0.39, 0.29) is 11.8 Å². The standard InChI is InChI=1S/C24H25N3O/c1-3-5-8-18-11-13-20(14-12-18)27-17-19(16-23(27)28)24-25-21-9-6-7-10-22(21)26(24)15-4-2/h2,6-7,9-14,19H,3,5,8,15-17H2,1H3/t19-/m0/s1. The van der Waals surface area contributed by atoms with Gasteiger partial charge in [-0.1, -0.05) is 43.5 Å². The summed E-state index contributed by atoms with van der Waals surface area (Å²) in [5.41, 5.74) is 4.25. The molecule has 28 heavy (non-hydrogen) atoms. The van der Waals surface area contributed by atoms with E-state index in [2.05, 4.69) is 41.7 Å². The molecule has 1 aliphatic heterocycles. The van der Waals surface area contributed by atoms with Crippen molar-refractivity contribution in [2.45, 2.75) is 45.1 Å². The lowest BCUT2D eigenvalue weighted by Crippen LogP contribution is -2.24. The quantitative estimate of drug-likeness (QED) is 0.597. The van der Waals surface area contributed by atoms with Crippen molar-refractivity contribution >= 4 is 22.6 Å². The third-order valence-corrected chi connectivity index (χ3v) is 5.49. The largest absolute Gasteiger partial charge is 0.316 e. The summed E-state index contributed by atoms with van der Waals surface area (Å²) >= 11 is 0. The maximum atomic E-state index is 12.7. The number of aromatic nitrogens is 2. The van der Waals surface area contributed by atoms with Gasteiger partial charge in [0.15, 0.2) is 0 Å². The minimum Gasteiger partial charge on any atom is -0.316 e.